The first-order valence-electron chi connectivity index (χ1n) is 7.17. The van der Waals surface area contributed by atoms with E-state index in [9.17, 15) is 19.7 Å². The highest BCUT2D eigenvalue weighted by Gasteiger charge is 2.45. The van der Waals surface area contributed by atoms with Crippen LogP contribution in [0.25, 0.3) is 11.2 Å². The average molecular weight is 447 g/mol. The molecule has 0 radical (unpaired) electrons. The summed E-state index contributed by atoms with van der Waals surface area (Å²) in [6.07, 6.45) is -2.77. The van der Waals surface area contributed by atoms with E-state index < -0.39 is 45.7 Å². The van der Waals surface area contributed by atoms with Gasteiger partial charge < -0.3 is 39.9 Å². The van der Waals surface area contributed by atoms with Gasteiger partial charge in [-0.2, -0.15) is 0 Å². The van der Waals surface area contributed by atoms with Crippen LogP contribution >= 0.6 is 14.5 Å². The van der Waals surface area contributed by atoms with E-state index in [4.69, 9.17) is 24.8 Å². The topological polar surface area (TPSA) is 216 Å². The Morgan fingerprint density at radius 3 is 2.74 bits per heavy atom. The van der Waals surface area contributed by atoms with E-state index in [0.717, 1.165) is 0 Å². The van der Waals surface area contributed by atoms with Gasteiger partial charge in [0.2, 0.25) is 0 Å². The van der Waals surface area contributed by atoms with Crippen molar-refractivity contribution in [3.8, 4) is 0 Å². The van der Waals surface area contributed by atoms with E-state index in [1.165, 1.54) is 17.2 Å². The zero-order valence-electron chi connectivity index (χ0n) is 13.2. The van der Waals surface area contributed by atoms with Gasteiger partial charge in [-0.25, -0.2) is 23.8 Å². The number of hydrogen-bond acceptors (Lipinski definition) is 11. The van der Waals surface area contributed by atoms with E-state index >= 15 is 0 Å². The van der Waals surface area contributed by atoms with Crippen LogP contribution in [0.15, 0.2) is 12.7 Å². The standard InChI is InChI=1S/C10H15N5O9P2S/c11-8-5-9(13-2-12-8)15(3-14-5)10-7(17)6(16)4(23-10)1-22-26(21,27)24-25(18,19)20/h2-4,6-7,10,16-17H,1H2,(H,21,27)(H2,11,12,13)(H2,18,19,20)/t4-,6-,7-,10-,26?/m1/s1/i21+1,22+2,24+1. The lowest BCUT2D eigenvalue weighted by Gasteiger charge is -2.19. The molecule has 1 unspecified atom stereocenters. The molecule has 1 aliphatic heterocycles. The second kappa shape index (κ2) is 7.39. The summed E-state index contributed by atoms with van der Waals surface area (Å²) >= 11 is 4.47. The maximum Gasteiger partial charge on any atom is 0.476 e. The van der Waals surface area contributed by atoms with E-state index in [0.29, 0.717) is 0 Å². The number of nitrogen functional groups attached to an aromatic ring is 1. The van der Waals surface area contributed by atoms with Gasteiger partial charge >= 0.3 is 14.5 Å². The van der Waals surface area contributed by atoms with Crippen LogP contribution in [0.1, 0.15) is 6.23 Å². The van der Waals surface area contributed by atoms with Crippen molar-refractivity contribution in [2.45, 2.75) is 24.5 Å². The highest BCUT2D eigenvalue weighted by molar-refractivity contribution is 8.08. The number of aliphatic hydroxyl groups excluding tert-OH is 2. The summed E-state index contributed by atoms with van der Waals surface area (Å²) < 4.78 is 26.4. The van der Waals surface area contributed by atoms with Gasteiger partial charge in [0.15, 0.2) is 17.7 Å². The van der Waals surface area contributed by atoms with Crippen molar-refractivity contribution in [1.29, 1.82) is 0 Å². The summed E-state index contributed by atoms with van der Waals surface area (Å²) in [5.74, 6) is 0.113. The second-order valence-corrected chi connectivity index (χ2v) is 9.68. The molecule has 17 heteroatoms. The van der Waals surface area contributed by atoms with Crippen molar-refractivity contribution < 1.29 is 43.0 Å². The summed E-state index contributed by atoms with van der Waals surface area (Å²) in [6, 6.07) is 0. The molecule has 3 heterocycles. The van der Waals surface area contributed by atoms with Crippen molar-refractivity contribution in [2.75, 3.05) is 12.3 Å². The van der Waals surface area contributed by atoms with Gasteiger partial charge in [-0.3, -0.25) is 4.57 Å². The van der Waals surface area contributed by atoms with Crippen molar-refractivity contribution in [1.82, 2.24) is 19.5 Å². The van der Waals surface area contributed by atoms with E-state index in [1.807, 2.05) is 0 Å². The van der Waals surface area contributed by atoms with Gasteiger partial charge in [-0.05, 0) is 11.8 Å². The molecule has 0 amide bonds. The maximum atomic E-state index is 10.8. The van der Waals surface area contributed by atoms with Crippen molar-refractivity contribution in [3.05, 3.63) is 12.7 Å². The fourth-order valence-corrected chi connectivity index (χ4v) is 5.04. The van der Waals surface area contributed by atoms with Crippen LogP contribution in [0.4, 0.5) is 5.82 Å². The number of rotatable bonds is 6. The zero-order chi connectivity index (χ0) is 20.0. The number of hydrogen-bond donors (Lipinski definition) is 6. The quantitative estimate of drug-likeness (QED) is 0.217. The number of nitrogens with two attached hydrogens (primary N) is 1. The van der Waals surface area contributed by atoms with Gasteiger partial charge in [0.05, 0.1) is 12.9 Å². The molecule has 0 aromatic carbocycles. The monoisotopic (exact) mass is 447 g/mol. The normalized spacial score (nSPS) is 28.5. The molecule has 0 saturated carbocycles. The molecule has 3 rings (SSSR count). The van der Waals surface area contributed by atoms with E-state index in [2.05, 4.69) is 31.1 Å². The highest BCUT2D eigenvalue weighted by atomic mass is 32.5. The molecular weight excluding hydrogens is 432 g/mol. The summed E-state index contributed by atoms with van der Waals surface area (Å²) in [5, 5.41) is 20.4. The van der Waals surface area contributed by atoms with Gasteiger partial charge in [-0.1, -0.05) is 0 Å². The van der Waals surface area contributed by atoms with Crippen LogP contribution < -0.4 is 5.73 Å². The second-order valence-electron chi connectivity index (χ2n) is 5.47. The SMILES string of the molecule is Nc1ncnc2c1ncn2[C@@H]1O[C@H](C[18O]P([17OH])(=S)[17O]P(=O)(O)O)[C@@H](O)[C@H]1O. The first-order chi connectivity index (χ1) is 12.5. The number of nitrogens with zero attached hydrogens (tertiary/aromatic N) is 4. The van der Waals surface area contributed by atoms with Gasteiger partial charge in [-0.15, -0.1) is 0 Å². The Morgan fingerprint density at radius 2 is 2.07 bits per heavy atom. The number of imidazole rings is 1. The number of aromatic nitrogens is 4. The van der Waals surface area contributed by atoms with Crippen molar-refractivity contribution >= 4 is 43.3 Å². The molecule has 0 bridgehead atoms. The molecule has 1 saturated heterocycles. The molecule has 2 aromatic heterocycles. The molecule has 1 fully saturated rings. The van der Waals surface area contributed by atoms with Crippen LogP contribution in [0.2, 0.25) is 0 Å². The molecule has 2 aromatic rings. The number of anilines is 1. The molecule has 14 nitrogen and oxygen atoms in total. The molecule has 0 spiro atoms. The number of fused-ring (bicyclic) bond motifs is 1. The highest BCUT2D eigenvalue weighted by Crippen LogP contribution is 2.58. The summed E-state index contributed by atoms with van der Waals surface area (Å²) in [6.45, 7) is -4.90. The lowest BCUT2D eigenvalue weighted by molar-refractivity contribution is -0.0486. The minimum Gasteiger partial charge on any atom is -0.387 e. The summed E-state index contributed by atoms with van der Waals surface area (Å²) in [4.78, 5) is 38.8. The van der Waals surface area contributed by atoms with Crippen LogP contribution in [0, 0.1) is 0 Å². The summed E-state index contributed by atoms with van der Waals surface area (Å²) in [5.41, 5.74) is 6.21. The minimum atomic E-state index is -5.08. The van der Waals surface area contributed by atoms with Gasteiger partial charge in [0.25, 0.3) is 0 Å². The molecule has 1 aliphatic rings. The molecule has 27 heavy (non-hydrogen) atoms. The van der Waals surface area contributed by atoms with Crippen LogP contribution in [-0.2, 0) is 29.9 Å². The van der Waals surface area contributed by atoms with Gasteiger partial charge in [0, 0.05) is 0 Å². The van der Waals surface area contributed by atoms with E-state index in [-0.39, 0.29) is 17.0 Å². The zero-order valence-corrected chi connectivity index (χ0v) is 15.8. The third kappa shape index (κ3) is 4.50. The van der Waals surface area contributed by atoms with Crippen molar-refractivity contribution in [3.63, 3.8) is 0 Å². The Morgan fingerprint density at radius 1 is 1.37 bits per heavy atom. The third-order valence-corrected chi connectivity index (χ3v) is 6.68. The Kier molecular flexibility index (Phi) is 5.65. The molecule has 0 aliphatic carbocycles. The molecule has 150 valence electrons. The predicted molar refractivity (Wildman–Crippen MR) is 91.2 cm³/mol. The fraction of sp³-hybridized carbons (Fsp3) is 0.500. The lowest BCUT2D eigenvalue weighted by Crippen LogP contribution is -2.33. The molecular formula is C10H15N5O9P2S. The summed E-state index contributed by atoms with van der Waals surface area (Å²) in [7, 11) is -5.08. The Balaban J connectivity index is 1.75. The van der Waals surface area contributed by atoms with Crippen molar-refractivity contribution in [2.24, 2.45) is 0 Å². The first-order valence-corrected chi connectivity index (χ1v) is 11.3. The largest absolute Gasteiger partial charge is 0.476 e. The van der Waals surface area contributed by atoms with Crippen LogP contribution in [0.3, 0.4) is 0 Å². The fourth-order valence-electron chi connectivity index (χ4n) is 2.48. The number of ether oxygens (including phenoxy) is 1. The first kappa shape index (κ1) is 20.6. The Hall–Kier alpha value is -1.09. The minimum absolute atomic E-state index is 0.113. The number of aliphatic hydroxyl groups is 2. The smallest absolute Gasteiger partial charge is 0.387 e. The number of phosphoric acid groups is 1. The van der Waals surface area contributed by atoms with Crippen LogP contribution in [0.5, 0.6) is 0 Å². The molecule has 7 N–H and O–H groups in total. The Bertz CT molecular complexity index is 937. The Labute approximate surface area is 156 Å². The lowest BCUT2D eigenvalue weighted by atomic mass is 10.1. The maximum absolute atomic E-state index is 10.8. The predicted octanol–water partition coefficient (Wildman–Crippen LogP) is -1.63. The van der Waals surface area contributed by atoms with Crippen LogP contribution in [-0.4, -0.2) is 69.3 Å². The van der Waals surface area contributed by atoms with Gasteiger partial charge in [0.1, 0.15) is 30.2 Å². The average Bonchev–Trinajstić information content (AvgIpc) is 3.07. The molecule has 5 atom stereocenters. The van der Waals surface area contributed by atoms with E-state index in [1.54, 1.807) is 0 Å². The third-order valence-electron chi connectivity index (χ3n) is 3.61.